The normalized spacial score (nSPS) is 10.2. The van der Waals surface area contributed by atoms with Crippen LogP contribution in [-0.4, -0.2) is 37.5 Å². The summed E-state index contributed by atoms with van der Waals surface area (Å²) in [4.78, 5) is 21.1. The van der Waals surface area contributed by atoms with Crippen LogP contribution >= 0.6 is 11.8 Å². The molecule has 0 saturated heterocycles. The third-order valence-electron chi connectivity index (χ3n) is 1.54. The predicted octanol–water partition coefficient (Wildman–Crippen LogP) is -0.751. The number of hydrogen-bond acceptors (Lipinski definition) is 5. The quantitative estimate of drug-likeness (QED) is 0.644. The molecule has 0 aromatic carbocycles. The lowest BCUT2D eigenvalue weighted by Gasteiger charge is -2.03. The SMILES string of the molecule is Cc1nnc(SCC(=O)O)n1CC(N)=O. The van der Waals surface area contributed by atoms with Gasteiger partial charge in [0.1, 0.15) is 12.4 Å². The van der Waals surface area contributed by atoms with Crippen molar-refractivity contribution in [1.29, 1.82) is 0 Å². The third-order valence-corrected chi connectivity index (χ3v) is 2.49. The summed E-state index contributed by atoms with van der Waals surface area (Å²) in [5.74, 6) is -1.07. The Morgan fingerprint density at radius 1 is 1.53 bits per heavy atom. The molecule has 1 aromatic rings. The second-order valence-electron chi connectivity index (χ2n) is 2.76. The molecular weight excluding hydrogens is 220 g/mol. The molecule has 0 spiro atoms. The minimum Gasteiger partial charge on any atom is -0.481 e. The van der Waals surface area contributed by atoms with Crippen molar-refractivity contribution in [3.63, 3.8) is 0 Å². The average molecular weight is 230 g/mol. The van der Waals surface area contributed by atoms with Crippen LogP contribution in [0.15, 0.2) is 5.16 Å². The zero-order valence-electron chi connectivity index (χ0n) is 8.01. The summed E-state index contributed by atoms with van der Waals surface area (Å²) in [6.45, 7) is 1.63. The molecule has 1 heterocycles. The van der Waals surface area contributed by atoms with Crippen LogP contribution < -0.4 is 5.73 Å². The molecule has 1 aromatic heterocycles. The van der Waals surface area contributed by atoms with Gasteiger partial charge >= 0.3 is 5.97 Å². The molecule has 0 bridgehead atoms. The van der Waals surface area contributed by atoms with Crippen LogP contribution in [0.1, 0.15) is 5.82 Å². The predicted molar refractivity (Wildman–Crippen MR) is 52.3 cm³/mol. The van der Waals surface area contributed by atoms with Gasteiger partial charge in [0.05, 0.1) is 5.75 Å². The zero-order valence-corrected chi connectivity index (χ0v) is 8.82. The lowest BCUT2D eigenvalue weighted by Crippen LogP contribution is -2.20. The van der Waals surface area contributed by atoms with E-state index >= 15 is 0 Å². The van der Waals surface area contributed by atoms with Crippen LogP contribution in [0.4, 0.5) is 0 Å². The van der Waals surface area contributed by atoms with Gasteiger partial charge in [-0.25, -0.2) is 0 Å². The summed E-state index contributed by atoms with van der Waals surface area (Å²) in [6, 6.07) is 0. The second kappa shape index (κ2) is 4.78. The number of aryl methyl sites for hydroxylation is 1. The molecular formula is C7H10N4O3S. The molecule has 7 nitrogen and oxygen atoms in total. The average Bonchev–Trinajstić information content (AvgIpc) is 2.44. The van der Waals surface area contributed by atoms with Crippen LogP contribution in [0.3, 0.4) is 0 Å². The van der Waals surface area contributed by atoms with Gasteiger partial charge in [0.15, 0.2) is 5.16 Å². The van der Waals surface area contributed by atoms with E-state index in [1.165, 1.54) is 4.57 Å². The number of nitrogens with two attached hydrogens (primary N) is 1. The molecule has 1 amide bonds. The standard InChI is InChI=1S/C7H10N4O3S/c1-4-9-10-7(15-3-6(13)14)11(4)2-5(8)12/h2-3H2,1H3,(H2,8,12)(H,13,14). The molecule has 0 aliphatic carbocycles. The topological polar surface area (TPSA) is 111 Å². The van der Waals surface area contributed by atoms with Gasteiger partial charge in [-0.05, 0) is 6.92 Å². The number of carbonyl (C=O) groups excluding carboxylic acids is 1. The molecule has 1 rings (SSSR count). The van der Waals surface area contributed by atoms with E-state index < -0.39 is 11.9 Å². The van der Waals surface area contributed by atoms with Crippen LogP contribution in [0, 0.1) is 6.92 Å². The van der Waals surface area contributed by atoms with Gasteiger partial charge in [0, 0.05) is 0 Å². The van der Waals surface area contributed by atoms with Gasteiger partial charge in [-0.3, -0.25) is 14.2 Å². The molecule has 0 unspecified atom stereocenters. The number of carbonyl (C=O) groups is 2. The Kier molecular flexibility index (Phi) is 3.67. The highest BCUT2D eigenvalue weighted by Crippen LogP contribution is 2.15. The minimum atomic E-state index is -0.953. The minimum absolute atomic E-state index is 0.0409. The smallest absolute Gasteiger partial charge is 0.313 e. The van der Waals surface area contributed by atoms with E-state index in [0.29, 0.717) is 11.0 Å². The van der Waals surface area contributed by atoms with E-state index in [4.69, 9.17) is 10.8 Å². The molecule has 15 heavy (non-hydrogen) atoms. The molecule has 0 radical (unpaired) electrons. The molecule has 0 atom stereocenters. The number of carboxylic acids is 1. The largest absolute Gasteiger partial charge is 0.481 e. The highest BCUT2D eigenvalue weighted by Gasteiger charge is 2.12. The van der Waals surface area contributed by atoms with Gasteiger partial charge in [0.25, 0.3) is 0 Å². The van der Waals surface area contributed by atoms with Crippen molar-refractivity contribution in [2.75, 3.05) is 5.75 Å². The fourth-order valence-corrected chi connectivity index (χ4v) is 1.64. The van der Waals surface area contributed by atoms with Gasteiger partial charge in [-0.2, -0.15) is 0 Å². The first-order valence-corrected chi connectivity index (χ1v) is 5.02. The molecule has 8 heteroatoms. The number of aliphatic carboxylic acids is 1. The number of amides is 1. The summed E-state index contributed by atoms with van der Waals surface area (Å²) in [5.41, 5.74) is 5.04. The molecule has 3 N–H and O–H groups in total. The monoisotopic (exact) mass is 230 g/mol. The Bertz CT molecular complexity index is 390. The Morgan fingerprint density at radius 3 is 2.73 bits per heavy atom. The first-order valence-electron chi connectivity index (χ1n) is 4.03. The Morgan fingerprint density at radius 2 is 2.20 bits per heavy atom. The van der Waals surface area contributed by atoms with Crippen LogP contribution in [-0.2, 0) is 16.1 Å². The van der Waals surface area contributed by atoms with E-state index in [1.807, 2.05) is 0 Å². The van der Waals surface area contributed by atoms with E-state index in [9.17, 15) is 9.59 Å². The number of aromatic nitrogens is 3. The Balaban J connectivity index is 2.78. The molecule has 0 aliphatic rings. The molecule has 0 fully saturated rings. The van der Waals surface area contributed by atoms with Gasteiger partial charge in [0.2, 0.25) is 5.91 Å². The van der Waals surface area contributed by atoms with E-state index in [0.717, 1.165) is 11.8 Å². The number of thioether (sulfide) groups is 1. The number of carboxylic acid groups (broad SMARTS) is 1. The molecule has 0 aliphatic heterocycles. The van der Waals surface area contributed by atoms with E-state index in [2.05, 4.69) is 10.2 Å². The fraction of sp³-hybridized carbons (Fsp3) is 0.429. The van der Waals surface area contributed by atoms with Crippen molar-refractivity contribution in [2.24, 2.45) is 5.73 Å². The first-order chi connectivity index (χ1) is 7.00. The zero-order chi connectivity index (χ0) is 11.4. The maximum atomic E-state index is 10.7. The highest BCUT2D eigenvalue weighted by molar-refractivity contribution is 7.99. The Hall–Kier alpha value is -1.57. The second-order valence-corrected chi connectivity index (χ2v) is 3.71. The van der Waals surface area contributed by atoms with Gasteiger partial charge < -0.3 is 10.8 Å². The summed E-state index contributed by atoms with van der Waals surface area (Å²) in [7, 11) is 0. The first kappa shape index (κ1) is 11.5. The molecule has 0 saturated carbocycles. The van der Waals surface area contributed by atoms with Crippen molar-refractivity contribution >= 4 is 23.6 Å². The van der Waals surface area contributed by atoms with E-state index in [1.54, 1.807) is 6.92 Å². The lowest BCUT2D eigenvalue weighted by atomic mass is 10.5. The van der Waals surface area contributed by atoms with Crippen LogP contribution in [0.2, 0.25) is 0 Å². The summed E-state index contributed by atoms with van der Waals surface area (Å²) in [5, 5.41) is 16.4. The van der Waals surface area contributed by atoms with Crippen molar-refractivity contribution in [2.45, 2.75) is 18.6 Å². The summed E-state index contributed by atoms with van der Waals surface area (Å²) >= 11 is 1.000. The summed E-state index contributed by atoms with van der Waals surface area (Å²) in [6.07, 6.45) is 0. The van der Waals surface area contributed by atoms with Gasteiger partial charge in [-0.1, -0.05) is 11.8 Å². The molecule has 82 valence electrons. The van der Waals surface area contributed by atoms with Crippen LogP contribution in [0.25, 0.3) is 0 Å². The van der Waals surface area contributed by atoms with Crippen molar-refractivity contribution in [1.82, 2.24) is 14.8 Å². The van der Waals surface area contributed by atoms with Gasteiger partial charge in [-0.15, -0.1) is 10.2 Å². The summed E-state index contributed by atoms with van der Waals surface area (Å²) < 4.78 is 1.48. The van der Waals surface area contributed by atoms with Crippen molar-refractivity contribution in [3.05, 3.63) is 5.82 Å². The lowest BCUT2D eigenvalue weighted by molar-refractivity contribution is -0.133. The van der Waals surface area contributed by atoms with Crippen molar-refractivity contribution < 1.29 is 14.7 Å². The number of rotatable bonds is 5. The maximum Gasteiger partial charge on any atom is 0.313 e. The number of primary amides is 1. The van der Waals surface area contributed by atoms with E-state index in [-0.39, 0.29) is 12.3 Å². The maximum absolute atomic E-state index is 10.7. The Labute approximate surface area is 89.7 Å². The highest BCUT2D eigenvalue weighted by atomic mass is 32.2. The number of hydrogen-bond donors (Lipinski definition) is 2. The fourth-order valence-electron chi connectivity index (χ4n) is 0.932. The van der Waals surface area contributed by atoms with Crippen LogP contribution in [0.5, 0.6) is 0 Å². The third kappa shape index (κ3) is 3.24. The number of nitrogens with zero attached hydrogens (tertiary/aromatic N) is 3. The van der Waals surface area contributed by atoms with Crippen molar-refractivity contribution in [3.8, 4) is 0 Å².